The molecule has 1 fully saturated rings. The van der Waals surface area contributed by atoms with Crippen molar-refractivity contribution in [3.05, 3.63) is 76.1 Å². The molecule has 1 amide bonds. The second-order valence-electron chi connectivity index (χ2n) is 8.77. The standard InChI is InChI=1S/C28H25ClFN5O3S/c1-2-37-28(36)35-21-11-19(31-14-21)6-8-22-13-23-26(32-16-33-27(23)39-22)34-20-7-9-25(24(29)12-20)38-15-17-4-3-5-18(30)10-17/h3-5,7,9-10,12-13,16,19,21,31H,2,11,14-15H2,1H3,(H,35,36)(H,32,33,34)/t19-,21-/m0/s1. The van der Waals surface area contributed by atoms with Crippen LogP contribution in [-0.4, -0.2) is 41.3 Å². The molecule has 3 N–H and O–H groups in total. The third-order valence-corrected chi connectivity index (χ3v) is 7.16. The minimum Gasteiger partial charge on any atom is -0.487 e. The van der Waals surface area contributed by atoms with Gasteiger partial charge in [0.25, 0.3) is 0 Å². The number of hydrogen-bond acceptors (Lipinski definition) is 8. The maximum Gasteiger partial charge on any atom is 0.407 e. The number of nitrogens with zero attached hydrogens (tertiary/aromatic N) is 2. The van der Waals surface area contributed by atoms with Gasteiger partial charge in [-0.25, -0.2) is 19.2 Å². The molecule has 3 heterocycles. The summed E-state index contributed by atoms with van der Waals surface area (Å²) in [5.74, 6) is 7.27. The van der Waals surface area contributed by atoms with Gasteiger partial charge in [-0.1, -0.05) is 35.6 Å². The first kappa shape index (κ1) is 26.7. The van der Waals surface area contributed by atoms with Crippen LogP contribution in [0.3, 0.4) is 0 Å². The van der Waals surface area contributed by atoms with Gasteiger partial charge in [-0.15, -0.1) is 11.3 Å². The first-order valence-electron chi connectivity index (χ1n) is 12.3. The lowest BCUT2D eigenvalue weighted by Gasteiger charge is -2.11. The number of halogens is 2. The van der Waals surface area contributed by atoms with Gasteiger partial charge in [0.2, 0.25) is 0 Å². The number of anilines is 2. The van der Waals surface area contributed by atoms with Crippen LogP contribution in [0.15, 0.2) is 54.9 Å². The van der Waals surface area contributed by atoms with Crippen molar-refractivity contribution in [1.29, 1.82) is 0 Å². The number of rotatable bonds is 7. The summed E-state index contributed by atoms with van der Waals surface area (Å²) >= 11 is 7.93. The van der Waals surface area contributed by atoms with Gasteiger partial charge in [0, 0.05) is 18.3 Å². The Morgan fingerprint density at radius 3 is 2.97 bits per heavy atom. The molecule has 4 aromatic rings. The summed E-state index contributed by atoms with van der Waals surface area (Å²) in [5, 5.41) is 10.7. The predicted molar refractivity (Wildman–Crippen MR) is 150 cm³/mol. The van der Waals surface area contributed by atoms with E-state index in [0.29, 0.717) is 41.7 Å². The Balaban J connectivity index is 1.24. The van der Waals surface area contributed by atoms with E-state index in [-0.39, 0.29) is 24.5 Å². The number of hydrogen-bond donors (Lipinski definition) is 3. The van der Waals surface area contributed by atoms with Gasteiger partial charge >= 0.3 is 6.09 Å². The first-order chi connectivity index (χ1) is 19.0. The summed E-state index contributed by atoms with van der Waals surface area (Å²) in [7, 11) is 0. The minimum atomic E-state index is -0.409. The second-order valence-corrected chi connectivity index (χ2v) is 10.2. The number of nitrogens with one attached hydrogen (secondary N) is 3. The van der Waals surface area contributed by atoms with E-state index in [4.69, 9.17) is 21.1 Å². The van der Waals surface area contributed by atoms with Gasteiger partial charge in [0.15, 0.2) is 0 Å². The van der Waals surface area contributed by atoms with E-state index < -0.39 is 6.09 Å². The molecule has 5 rings (SSSR count). The van der Waals surface area contributed by atoms with Crippen molar-refractivity contribution in [2.24, 2.45) is 0 Å². The molecular weight excluding hydrogens is 541 g/mol. The summed E-state index contributed by atoms with van der Waals surface area (Å²) in [4.78, 5) is 22.1. The molecule has 2 aromatic heterocycles. The average molecular weight is 566 g/mol. The molecular formula is C28H25ClFN5O3S. The van der Waals surface area contributed by atoms with Gasteiger partial charge in [0.05, 0.1) is 27.9 Å². The normalized spacial score (nSPS) is 16.4. The Morgan fingerprint density at radius 2 is 2.15 bits per heavy atom. The summed E-state index contributed by atoms with van der Waals surface area (Å²) in [5.41, 5.74) is 1.44. The number of aromatic nitrogens is 2. The monoisotopic (exact) mass is 565 g/mol. The quantitative estimate of drug-likeness (QED) is 0.250. The number of carbonyl (C=O) groups is 1. The molecule has 39 heavy (non-hydrogen) atoms. The van der Waals surface area contributed by atoms with E-state index in [2.05, 4.69) is 37.8 Å². The number of carbonyl (C=O) groups excluding carboxylic acids is 1. The van der Waals surface area contributed by atoms with Crippen LogP contribution in [0.1, 0.15) is 23.8 Å². The molecule has 0 saturated carbocycles. The highest BCUT2D eigenvalue weighted by Crippen LogP contribution is 2.33. The second kappa shape index (κ2) is 12.3. The summed E-state index contributed by atoms with van der Waals surface area (Å²) in [6.07, 6.45) is 1.79. The molecule has 8 nitrogen and oxygen atoms in total. The van der Waals surface area contributed by atoms with E-state index in [1.54, 1.807) is 31.2 Å². The van der Waals surface area contributed by atoms with Gasteiger partial charge < -0.3 is 25.4 Å². The molecule has 0 aliphatic carbocycles. The van der Waals surface area contributed by atoms with Crippen molar-refractivity contribution >= 4 is 50.8 Å². The molecule has 200 valence electrons. The van der Waals surface area contributed by atoms with Crippen molar-refractivity contribution in [3.8, 4) is 17.6 Å². The average Bonchev–Trinajstić information content (AvgIpc) is 3.54. The van der Waals surface area contributed by atoms with Gasteiger partial charge in [0.1, 0.15) is 35.1 Å². The van der Waals surface area contributed by atoms with Crippen molar-refractivity contribution in [1.82, 2.24) is 20.6 Å². The molecule has 2 atom stereocenters. The molecule has 1 saturated heterocycles. The summed E-state index contributed by atoms with van der Waals surface area (Å²) in [6.45, 7) is 2.96. The summed E-state index contributed by atoms with van der Waals surface area (Å²) < 4.78 is 24.1. The Bertz CT molecular complexity index is 1550. The van der Waals surface area contributed by atoms with Crippen LogP contribution in [0.5, 0.6) is 5.75 Å². The Hall–Kier alpha value is -3.91. The largest absolute Gasteiger partial charge is 0.487 e. The van der Waals surface area contributed by atoms with Crippen molar-refractivity contribution < 1.29 is 18.7 Å². The predicted octanol–water partition coefficient (Wildman–Crippen LogP) is 5.63. The highest BCUT2D eigenvalue weighted by molar-refractivity contribution is 7.19. The Morgan fingerprint density at radius 1 is 1.26 bits per heavy atom. The Labute approximate surface area is 233 Å². The summed E-state index contributed by atoms with van der Waals surface area (Å²) in [6, 6.07) is 13.5. The zero-order valence-electron chi connectivity index (χ0n) is 21.0. The number of fused-ring (bicyclic) bond motifs is 1. The maximum atomic E-state index is 13.4. The van der Waals surface area contributed by atoms with Crippen LogP contribution in [-0.2, 0) is 11.3 Å². The number of ether oxygens (including phenoxy) is 2. The topological polar surface area (TPSA) is 97.4 Å². The maximum absolute atomic E-state index is 13.4. The molecule has 0 unspecified atom stereocenters. The molecule has 0 bridgehead atoms. The van der Waals surface area contributed by atoms with E-state index >= 15 is 0 Å². The highest BCUT2D eigenvalue weighted by Gasteiger charge is 2.24. The lowest BCUT2D eigenvalue weighted by Crippen LogP contribution is -2.36. The number of benzene rings is 2. The van der Waals surface area contributed by atoms with E-state index in [1.807, 2.05) is 12.1 Å². The van der Waals surface area contributed by atoms with E-state index in [1.165, 1.54) is 29.8 Å². The highest BCUT2D eigenvalue weighted by atomic mass is 35.5. The van der Waals surface area contributed by atoms with Gasteiger partial charge in [-0.2, -0.15) is 0 Å². The van der Waals surface area contributed by atoms with Crippen molar-refractivity contribution in [2.75, 3.05) is 18.5 Å². The van der Waals surface area contributed by atoms with E-state index in [0.717, 1.165) is 20.8 Å². The lowest BCUT2D eigenvalue weighted by atomic mass is 10.2. The van der Waals surface area contributed by atoms with Crippen LogP contribution >= 0.6 is 22.9 Å². The third kappa shape index (κ3) is 6.95. The molecule has 0 spiro atoms. The van der Waals surface area contributed by atoms with Crippen LogP contribution in [0.25, 0.3) is 10.2 Å². The molecule has 11 heteroatoms. The van der Waals surface area contributed by atoms with Crippen LogP contribution < -0.4 is 20.7 Å². The third-order valence-electron chi connectivity index (χ3n) is 5.91. The first-order valence-corrected chi connectivity index (χ1v) is 13.5. The zero-order valence-corrected chi connectivity index (χ0v) is 22.5. The number of alkyl carbamates (subject to hydrolysis) is 1. The molecule has 0 radical (unpaired) electrons. The fourth-order valence-electron chi connectivity index (χ4n) is 4.09. The SMILES string of the molecule is CCOC(=O)N[C@@H]1CN[C@@H](C#Cc2cc3c(Nc4ccc(OCc5cccc(F)c5)c(Cl)c4)ncnc3s2)C1. The van der Waals surface area contributed by atoms with Gasteiger partial charge in [-0.3, -0.25) is 0 Å². The van der Waals surface area contributed by atoms with Crippen LogP contribution in [0.2, 0.25) is 5.02 Å². The van der Waals surface area contributed by atoms with Gasteiger partial charge in [-0.05, 0) is 55.3 Å². The smallest absolute Gasteiger partial charge is 0.407 e. The fraction of sp³-hybridized carbons (Fsp3) is 0.250. The molecule has 1 aliphatic rings. The molecule has 2 aromatic carbocycles. The van der Waals surface area contributed by atoms with Crippen molar-refractivity contribution in [3.63, 3.8) is 0 Å². The number of thiophene rings is 1. The Kier molecular flexibility index (Phi) is 8.42. The fourth-order valence-corrected chi connectivity index (χ4v) is 5.19. The zero-order chi connectivity index (χ0) is 27.2. The lowest BCUT2D eigenvalue weighted by molar-refractivity contribution is 0.148. The number of amides is 1. The van der Waals surface area contributed by atoms with Crippen LogP contribution in [0.4, 0.5) is 20.7 Å². The van der Waals surface area contributed by atoms with Crippen molar-refractivity contribution in [2.45, 2.75) is 32.0 Å². The van der Waals surface area contributed by atoms with E-state index in [9.17, 15) is 9.18 Å². The van der Waals surface area contributed by atoms with Crippen LogP contribution in [0, 0.1) is 17.7 Å². The minimum absolute atomic E-state index is 0.0163. The molecule has 1 aliphatic heterocycles.